The first-order valence-corrected chi connectivity index (χ1v) is 12.0. The van der Waals surface area contributed by atoms with Gasteiger partial charge in [0, 0.05) is 23.0 Å². The van der Waals surface area contributed by atoms with Gasteiger partial charge in [-0.05, 0) is 27.8 Å². The van der Waals surface area contributed by atoms with E-state index in [1.54, 1.807) is 0 Å². The maximum absolute atomic E-state index is 13.6. The molecule has 0 saturated heterocycles. The van der Waals surface area contributed by atoms with Crippen LogP contribution in [0.4, 0.5) is 4.53 Å². The van der Waals surface area contributed by atoms with Crippen molar-refractivity contribution in [2.75, 3.05) is 0 Å². The summed E-state index contributed by atoms with van der Waals surface area (Å²) in [6.45, 7) is 4.18. The number of hydrogen-bond donors (Lipinski definition) is 0. The molecule has 0 aliphatic rings. The Balaban J connectivity index is 1.57. The molecule has 33 heavy (non-hydrogen) atoms. The zero-order chi connectivity index (χ0) is 23.0. The zero-order valence-electron chi connectivity index (χ0n) is 18.6. The Morgan fingerprint density at radius 2 is 0.909 bits per heavy atom. The molecule has 2 atom stereocenters. The fourth-order valence-electron chi connectivity index (χ4n) is 3.89. The lowest BCUT2D eigenvalue weighted by Gasteiger charge is -2.21. The summed E-state index contributed by atoms with van der Waals surface area (Å²) < 4.78 is 29.6. The predicted molar refractivity (Wildman–Crippen MR) is 131 cm³/mol. The number of rotatable bonds is 9. The molecule has 0 amide bonds. The van der Waals surface area contributed by atoms with Crippen molar-refractivity contribution in [3.63, 3.8) is 0 Å². The van der Waals surface area contributed by atoms with Crippen LogP contribution < -0.4 is 9.05 Å². The lowest BCUT2D eigenvalue weighted by molar-refractivity contribution is -0.0158. The third kappa shape index (κ3) is 5.60. The van der Waals surface area contributed by atoms with Crippen LogP contribution in [0.5, 0.6) is 11.5 Å². The lowest BCUT2D eigenvalue weighted by Crippen LogP contribution is -2.04. The Labute approximate surface area is 195 Å². The number of para-hydroxylation sites is 2. The van der Waals surface area contributed by atoms with Crippen molar-refractivity contribution in [1.82, 2.24) is 0 Å². The Morgan fingerprint density at radius 1 is 0.545 bits per heavy atom. The minimum atomic E-state index is -2.30. The first kappa shape index (κ1) is 23.0. The van der Waals surface area contributed by atoms with Crippen molar-refractivity contribution in [2.45, 2.75) is 25.7 Å². The molecular weight excluding hydrogens is 434 g/mol. The van der Waals surface area contributed by atoms with Crippen molar-refractivity contribution >= 4 is 8.60 Å². The molecular formula is C28H26FO3P. The number of hydrogen-bond acceptors (Lipinski definition) is 3. The maximum atomic E-state index is 13.6. The second-order valence-corrected chi connectivity index (χ2v) is 8.77. The van der Waals surface area contributed by atoms with E-state index in [0.717, 1.165) is 22.3 Å². The zero-order valence-corrected chi connectivity index (χ0v) is 19.5. The molecule has 2 unspecified atom stereocenters. The van der Waals surface area contributed by atoms with E-state index in [-0.39, 0.29) is 11.8 Å². The molecule has 4 rings (SSSR count). The van der Waals surface area contributed by atoms with E-state index in [1.165, 1.54) is 0 Å². The summed E-state index contributed by atoms with van der Waals surface area (Å²) in [5.41, 5.74) is 4.15. The SMILES string of the molecule is CC(c1ccccc1)c1ccccc1OP(OF)Oc1ccccc1C(C)c1ccccc1. The summed E-state index contributed by atoms with van der Waals surface area (Å²) >= 11 is 0. The predicted octanol–water partition coefficient (Wildman–Crippen LogP) is 8.58. The minimum absolute atomic E-state index is 0.0595. The van der Waals surface area contributed by atoms with Gasteiger partial charge in [0.2, 0.25) is 0 Å². The fourth-order valence-corrected chi connectivity index (χ4v) is 4.64. The molecule has 0 bridgehead atoms. The average molecular weight is 460 g/mol. The molecule has 168 valence electrons. The highest BCUT2D eigenvalue weighted by molar-refractivity contribution is 7.42. The van der Waals surface area contributed by atoms with Gasteiger partial charge in [-0.3, -0.25) is 0 Å². The molecule has 3 nitrogen and oxygen atoms in total. The van der Waals surface area contributed by atoms with Crippen molar-refractivity contribution in [1.29, 1.82) is 0 Å². The molecule has 4 aromatic rings. The molecule has 0 heterocycles. The molecule has 0 spiro atoms. The van der Waals surface area contributed by atoms with Gasteiger partial charge in [-0.25, -0.2) is 0 Å². The summed E-state index contributed by atoms with van der Waals surface area (Å²) in [5, 5.41) is 0. The molecule has 0 N–H and O–H groups in total. The third-order valence-corrected chi connectivity index (χ3v) is 6.58. The molecule has 0 aromatic heterocycles. The number of benzene rings is 4. The van der Waals surface area contributed by atoms with E-state index in [1.807, 2.05) is 84.9 Å². The van der Waals surface area contributed by atoms with Gasteiger partial charge >= 0.3 is 8.60 Å². The molecule has 4 aromatic carbocycles. The molecule has 0 aliphatic carbocycles. The van der Waals surface area contributed by atoms with Crippen molar-refractivity contribution in [3.05, 3.63) is 131 Å². The Morgan fingerprint density at radius 3 is 1.30 bits per heavy atom. The van der Waals surface area contributed by atoms with Crippen LogP contribution in [-0.2, 0) is 4.73 Å². The van der Waals surface area contributed by atoms with E-state index in [2.05, 4.69) is 42.8 Å². The van der Waals surface area contributed by atoms with E-state index >= 15 is 0 Å². The molecule has 0 fully saturated rings. The molecule has 5 heteroatoms. The highest BCUT2D eigenvalue weighted by atomic mass is 31.2. The van der Waals surface area contributed by atoms with Crippen LogP contribution in [0.2, 0.25) is 0 Å². The summed E-state index contributed by atoms with van der Waals surface area (Å²) in [6, 6.07) is 35.4. The van der Waals surface area contributed by atoms with Gasteiger partial charge in [-0.1, -0.05) is 116 Å². The van der Waals surface area contributed by atoms with Gasteiger partial charge in [0.15, 0.2) is 0 Å². The first-order chi connectivity index (χ1) is 16.2. The summed E-state index contributed by atoms with van der Waals surface area (Å²) in [5.74, 6) is 1.19. The van der Waals surface area contributed by atoms with Crippen molar-refractivity contribution in [2.24, 2.45) is 0 Å². The minimum Gasteiger partial charge on any atom is -0.416 e. The summed E-state index contributed by atoms with van der Waals surface area (Å²) in [7, 11) is -2.30. The average Bonchev–Trinajstić information content (AvgIpc) is 2.89. The topological polar surface area (TPSA) is 27.7 Å². The fraction of sp³-hybridized carbons (Fsp3) is 0.143. The summed E-state index contributed by atoms with van der Waals surface area (Å²) in [6.07, 6.45) is 0. The van der Waals surface area contributed by atoms with Crippen LogP contribution in [0.15, 0.2) is 109 Å². The Kier molecular flexibility index (Phi) is 7.72. The first-order valence-electron chi connectivity index (χ1n) is 10.9. The quantitative estimate of drug-likeness (QED) is 0.234. The van der Waals surface area contributed by atoms with E-state index in [4.69, 9.17) is 9.05 Å². The lowest BCUT2D eigenvalue weighted by atomic mass is 9.93. The van der Waals surface area contributed by atoms with Crippen LogP contribution >= 0.6 is 8.60 Å². The number of halogens is 1. The van der Waals surface area contributed by atoms with Gasteiger partial charge in [-0.15, -0.1) is 0 Å². The van der Waals surface area contributed by atoms with E-state index in [9.17, 15) is 4.53 Å². The van der Waals surface area contributed by atoms with Gasteiger partial charge in [0.05, 0.1) is 0 Å². The Hall–Kier alpha value is -3.20. The van der Waals surface area contributed by atoms with Crippen LogP contribution in [0, 0.1) is 0 Å². The van der Waals surface area contributed by atoms with Gasteiger partial charge in [0.25, 0.3) is 0 Å². The largest absolute Gasteiger partial charge is 0.497 e. The molecule has 0 saturated carbocycles. The Bertz CT molecular complexity index is 1060. The van der Waals surface area contributed by atoms with Gasteiger partial charge < -0.3 is 9.05 Å². The third-order valence-electron chi connectivity index (χ3n) is 5.77. The van der Waals surface area contributed by atoms with Crippen molar-refractivity contribution < 1.29 is 18.3 Å². The van der Waals surface area contributed by atoms with Crippen molar-refractivity contribution in [3.8, 4) is 11.5 Å². The smallest absolute Gasteiger partial charge is 0.416 e. The summed E-state index contributed by atoms with van der Waals surface area (Å²) in [4.78, 5) is 0. The van der Waals surface area contributed by atoms with Crippen LogP contribution in [0.3, 0.4) is 0 Å². The second-order valence-electron chi connectivity index (χ2n) is 7.82. The van der Waals surface area contributed by atoms with Crippen LogP contribution in [0.1, 0.15) is 47.9 Å². The van der Waals surface area contributed by atoms with Crippen LogP contribution in [0.25, 0.3) is 0 Å². The maximum Gasteiger partial charge on any atom is 0.497 e. The monoisotopic (exact) mass is 460 g/mol. The second kappa shape index (κ2) is 11.1. The normalized spacial score (nSPS) is 13.7. The van der Waals surface area contributed by atoms with Gasteiger partial charge in [0.1, 0.15) is 11.5 Å². The van der Waals surface area contributed by atoms with E-state index < -0.39 is 8.60 Å². The standard InChI is InChI=1S/C28H26FO3P/c1-21(23-13-5-3-6-14-23)25-17-9-11-19-27(25)30-33(32-29)31-28-20-12-10-18-26(28)22(2)24-15-7-4-8-16-24/h3-22H,1-2H3. The highest BCUT2D eigenvalue weighted by Crippen LogP contribution is 2.46. The molecule has 0 radical (unpaired) electrons. The molecule has 0 aliphatic heterocycles. The van der Waals surface area contributed by atoms with Gasteiger partial charge in [-0.2, -0.15) is 0 Å². The highest BCUT2D eigenvalue weighted by Gasteiger charge is 2.24. The van der Waals surface area contributed by atoms with Crippen LogP contribution in [-0.4, -0.2) is 0 Å². The van der Waals surface area contributed by atoms with E-state index in [0.29, 0.717) is 11.5 Å².